The molecule has 3 rings (SSSR count). The van der Waals surface area contributed by atoms with E-state index in [9.17, 15) is 4.79 Å². The van der Waals surface area contributed by atoms with E-state index in [2.05, 4.69) is 34.3 Å². The van der Waals surface area contributed by atoms with E-state index >= 15 is 0 Å². The number of anilines is 1. The van der Waals surface area contributed by atoms with Crippen molar-refractivity contribution in [2.75, 3.05) is 5.32 Å². The van der Waals surface area contributed by atoms with Crippen molar-refractivity contribution < 1.29 is 4.79 Å². The summed E-state index contributed by atoms with van der Waals surface area (Å²) in [5.41, 5.74) is 7.67. The molecule has 0 unspecified atom stereocenters. The van der Waals surface area contributed by atoms with Gasteiger partial charge in [-0.15, -0.1) is 0 Å². The van der Waals surface area contributed by atoms with Gasteiger partial charge in [0.1, 0.15) is 5.82 Å². The predicted molar refractivity (Wildman–Crippen MR) is 107 cm³/mol. The second-order valence-corrected chi connectivity index (χ2v) is 6.50. The molecular weight excluding hydrogens is 338 g/mol. The molecule has 0 spiro atoms. The summed E-state index contributed by atoms with van der Waals surface area (Å²) in [6.07, 6.45) is 1.47. The molecule has 140 valence electrons. The third-order valence-electron chi connectivity index (χ3n) is 5.09. The average molecular weight is 363 g/mol. The number of aromatic nitrogens is 3. The standard InChI is InChI=1S/C21H25N5O/c1-3-21(4-2,16-8-6-5-7-9-16)20(27)23-17-12-10-15(11-13-17)19-24-18(14-22)25-26-19/h5-13H,3-4,14,22H2,1-2H3,(H,23,27)(H,24,25,26). The van der Waals surface area contributed by atoms with Gasteiger partial charge in [-0.3, -0.25) is 9.89 Å². The van der Waals surface area contributed by atoms with E-state index in [4.69, 9.17) is 5.73 Å². The first-order valence-electron chi connectivity index (χ1n) is 9.21. The topological polar surface area (TPSA) is 96.7 Å². The number of nitrogens with zero attached hydrogens (tertiary/aromatic N) is 2. The molecule has 6 nitrogen and oxygen atoms in total. The molecule has 0 radical (unpaired) electrons. The van der Waals surface area contributed by atoms with Crippen molar-refractivity contribution in [3.05, 3.63) is 66.0 Å². The summed E-state index contributed by atoms with van der Waals surface area (Å²) in [5, 5.41) is 10.0. The van der Waals surface area contributed by atoms with Crippen LogP contribution in [0.4, 0.5) is 5.69 Å². The molecule has 0 bridgehead atoms. The van der Waals surface area contributed by atoms with Crippen molar-refractivity contribution >= 4 is 11.6 Å². The Kier molecular flexibility index (Phi) is 5.66. The van der Waals surface area contributed by atoms with Crippen molar-refractivity contribution in [3.63, 3.8) is 0 Å². The molecule has 0 aliphatic rings. The van der Waals surface area contributed by atoms with Crippen LogP contribution >= 0.6 is 0 Å². The molecule has 0 saturated carbocycles. The Morgan fingerprint density at radius 1 is 1.07 bits per heavy atom. The van der Waals surface area contributed by atoms with Gasteiger partial charge in [0.05, 0.1) is 12.0 Å². The summed E-state index contributed by atoms with van der Waals surface area (Å²) in [6.45, 7) is 4.42. The quantitative estimate of drug-likeness (QED) is 0.597. The third kappa shape index (κ3) is 3.75. The molecular formula is C21H25N5O. The van der Waals surface area contributed by atoms with Gasteiger partial charge in [0.15, 0.2) is 5.82 Å². The molecule has 0 fully saturated rings. The van der Waals surface area contributed by atoms with Crippen LogP contribution in [-0.4, -0.2) is 21.1 Å². The molecule has 3 aromatic rings. The lowest BCUT2D eigenvalue weighted by Gasteiger charge is -2.31. The van der Waals surface area contributed by atoms with Crippen LogP contribution in [-0.2, 0) is 16.8 Å². The van der Waals surface area contributed by atoms with E-state index < -0.39 is 5.41 Å². The number of carbonyl (C=O) groups is 1. The summed E-state index contributed by atoms with van der Waals surface area (Å²) < 4.78 is 0. The van der Waals surface area contributed by atoms with Crippen LogP contribution in [0.5, 0.6) is 0 Å². The van der Waals surface area contributed by atoms with Crippen LogP contribution in [0.1, 0.15) is 38.1 Å². The minimum atomic E-state index is -0.542. The average Bonchev–Trinajstić information content (AvgIpc) is 3.20. The van der Waals surface area contributed by atoms with Crippen LogP contribution in [0.3, 0.4) is 0 Å². The minimum Gasteiger partial charge on any atom is -0.325 e. The number of H-pyrrole nitrogens is 1. The number of benzene rings is 2. The Morgan fingerprint density at radius 2 is 1.74 bits per heavy atom. The molecule has 4 N–H and O–H groups in total. The Hall–Kier alpha value is -2.99. The maximum absolute atomic E-state index is 13.1. The molecule has 1 amide bonds. The van der Waals surface area contributed by atoms with Gasteiger partial charge in [0.2, 0.25) is 5.91 Å². The van der Waals surface area contributed by atoms with E-state index in [1.165, 1.54) is 0 Å². The summed E-state index contributed by atoms with van der Waals surface area (Å²) in [4.78, 5) is 17.5. The molecule has 1 aromatic heterocycles. The molecule has 0 atom stereocenters. The molecule has 0 saturated heterocycles. The van der Waals surface area contributed by atoms with Gasteiger partial charge in [-0.2, -0.15) is 5.10 Å². The van der Waals surface area contributed by atoms with E-state index in [1.807, 2.05) is 54.6 Å². The van der Waals surface area contributed by atoms with Crippen LogP contribution in [0.2, 0.25) is 0 Å². The Morgan fingerprint density at radius 3 is 2.30 bits per heavy atom. The van der Waals surface area contributed by atoms with Gasteiger partial charge in [0, 0.05) is 11.3 Å². The predicted octanol–water partition coefficient (Wildman–Crippen LogP) is 3.63. The highest BCUT2D eigenvalue weighted by atomic mass is 16.2. The lowest BCUT2D eigenvalue weighted by atomic mass is 9.75. The molecule has 27 heavy (non-hydrogen) atoms. The summed E-state index contributed by atoms with van der Waals surface area (Å²) in [5.74, 6) is 1.24. The first-order valence-corrected chi connectivity index (χ1v) is 9.21. The first kappa shape index (κ1) is 18.8. The van der Waals surface area contributed by atoms with Crippen molar-refractivity contribution in [1.29, 1.82) is 0 Å². The zero-order chi connectivity index (χ0) is 19.3. The van der Waals surface area contributed by atoms with E-state index in [0.29, 0.717) is 18.2 Å². The van der Waals surface area contributed by atoms with Gasteiger partial charge in [-0.05, 0) is 42.7 Å². The van der Waals surface area contributed by atoms with Crippen molar-refractivity contribution in [2.24, 2.45) is 5.73 Å². The number of hydrogen-bond donors (Lipinski definition) is 3. The molecule has 1 heterocycles. The second-order valence-electron chi connectivity index (χ2n) is 6.50. The van der Waals surface area contributed by atoms with Crippen molar-refractivity contribution in [3.8, 4) is 11.4 Å². The highest BCUT2D eigenvalue weighted by molar-refractivity contribution is 5.99. The Bertz CT molecular complexity index is 882. The largest absolute Gasteiger partial charge is 0.325 e. The maximum Gasteiger partial charge on any atom is 0.235 e. The zero-order valence-electron chi connectivity index (χ0n) is 15.7. The maximum atomic E-state index is 13.1. The van der Waals surface area contributed by atoms with Crippen LogP contribution in [0.25, 0.3) is 11.4 Å². The highest BCUT2D eigenvalue weighted by Crippen LogP contribution is 2.33. The number of amides is 1. The lowest BCUT2D eigenvalue weighted by molar-refractivity contribution is -0.121. The first-order chi connectivity index (χ1) is 13.1. The van der Waals surface area contributed by atoms with Crippen LogP contribution < -0.4 is 11.1 Å². The fraction of sp³-hybridized carbons (Fsp3) is 0.286. The number of aromatic amines is 1. The number of carbonyl (C=O) groups excluding carboxylic acids is 1. The minimum absolute atomic E-state index is 0.00904. The molecule has 0 aliphatic heterocycles. The summed E-state index contributed by atoms with van der Waals surface area (Å²) >= 11 is 0. The Balaban J connectivity index is 1.80. The fourth-order valence-corrected chi connectivity index (χ4v) is 3.34. The van der Waals surface area contributed by atoms with Crippen molar-refractivity contribution in [1.82, 2.24) is 15.2 Å². The number of nitrogens with two attached hydrogens (primary N) is 1. The van der Waals surface area contributed by atoms with E-state index in [0.717, 1.165) is 29.7 Å². The van der Waals surface area contributed by atoms with Crippen LogP contribution in [0.15, 0.2) is 54.6 Å². The number of hydrogen-bond acceptors (Lipinski definition) is 4. The normalized spacial score (nSPS) is 11.4. The second kappa shape index (κ2) is 8.14. The molecule has 6 heteroatoms. The van der Waals surface area contributed by atoms with Gasteiger partial charge in [0.25, 0.3) is 0 Å². The van der Waals surface area contributed by atoms with Crippen molar-refractivity contribution in [2.45, 2.75) is 38.6 Å². The number of nitrogens with one attached hydrogen (secondary N) is 2. The number of rotatable bonds is 7. The third-order valence-corrected chi connectivity index (χ3v) is 5.09. The molecule has 0 aliphatic carbocycles. The monoisotopic (exact) mass is 363 g/mol. The SMILES string of the molecule is CCC(CC)(C(=O)Nc1ccc(-c2n[nH]c(CN)n2)cc1)c1ccccc1. The van der Waals surface area contributed by atoms with Crippen LogP contribution in [0, 0.1) is 0 Å². The smallest absolute Gasteiger partial charge is 0.235 e. The van der Waals surface area contributed by atoms with Gasteiger partial charge >= 0.3 is 0 Å². The van der Waals surface area contributed by atoms with Gasteiger partial charge < -0.3 is 11.1 Å². The zero-order valence-corrected chi connectivity index (χ0v) is 15.7. The summed E-state index contributed by atoms with van der Waals surface area (Å²) in [7, 11) is 0. The van der Waals surface area contributed by atoms with E-state index in [1.54, 1.807) is 0 Å². The lowest BCUT2D eigenvalue weighted by Crippen LogP contribution is -2.39. The Labute approximate surface area is 159 Å². The summed E-state index contributed by atoms with van der Waals surface area (Å²) in [6, 6.07) is 17.5. The van der Waals surface area contributed by atoms with E-state index in [-0.39, 0.29) is 5.91 Å². The van der Waals surface area contributed by atoms with Gasteiger partial charge in [-0.1, -0.05) is 44.2 Å². The highest BCUT2D eigenvalue weighted by Gasteiger charge is 2.36. The van der Waals surface area contributed by atoms with Gasteiger partial charge in [-0.25, -0.2) is 4.98 Å². The fourth-order valence-electron chi connectivity index (χ4n) is 3.34. The molecule has 2 aromatic carbocycles.